The van der Waals surface area contributed by atoms with Gasteiger partial charge >= 0.3 is 0 Å². The Kier molecular flexibility index (Phi) is 8.56. The van der Waals surface area contributed by atoms with Crippen LogP contribution in [0.2, 0.25) is 0 Å². The number of nitrogens with zero attached hydrogens (tertiary/aromatic N) is 2. The molecular formula is C27H29FN2O5S. The molecular weight excluding hydrogens is 483 g/mol. The molecule has 0 fully saturated rings. The minimum absolute atomic E-state index is 0.0564. The minimum Gasteiger partial charge on any atom is -0.454 e. The lowest BCUT2D eigenvalue weighted by Crippen LogP contribution is -2.43. The number of carbonyl (C=O) groups is 2. The zero-order valence-electron chi connectivity index (χ0n) is 20.4. The molecule has 0 aliphatic carbocycles. The Morgan fingerprint density at radius 3 is 2.61 bits per heavy atom. The number of benzene rings is 2. The molecule has 2 aromatic carbocycles. The standard InChI is InChI=1S/C27H29FN2O5S/c1-19-10-13-36-25(19)16-30(15-20-8-9-23-24(14-20)35-18-34-23)26(31)17-29(11-5-12-33-2)27(32)21-6-3-4-7-22(21)28/h3-4,6-10,13-14H,5,11-12,15-18H2,1-2H3. The van der Waals surface area contributed by atoms with Gasteiger partial charge in [0.2, 0.25) is 12.7 Å². The number of aryl methyl sites for hydroxylation is 1. The van der Waals surface area contributed by atoms with Crippen molar-refractivity contribution in [2.24, 2.45) is 0 Å². The van der Waals surface area contributed by atoms with Gasteiger partial charge in [-0.1, -0.05) is 18.2 Å². The lowest BCUT2D eigenvalue weighted by molar-refractivity contribution is -0.133. The maximum absolute atomic E-state index is 14.4. The van der Waals surface area contributed by atoms with E-state index in [9.17, 15) is 14.0 Å². The van der Waals surface area contributed by atoms with Crippen molar-refractivity contribution in [3.8, 4) is 11.5 Å². The average Bonchev–Trinajstić information content (AvgIpc) is 3.51. The second kappa shape index (κ2) is 12.0. The largest absolute Gasteiger partial charge is 0.454 e. The first-order valence-corrected chi connectivity index (χ1v) is 12.6. The normalized spacial score (nSPS) is 12.0. The van der Waals surface area contributed by atoms with Gasteiger partial charge in [0, 0.05) is 31.7 Å². The maximum atomic E-state index is 14.4. The van der Waals surface area contributed by atoms with E-state index in [1.54, 1.807) is 29.4 Å². The molecule has 1 aromatic heterocycles. The predicted octanol–water partition coefficient (Wildman–Crippen LogP) is 4.63. The first-order valence-electron chi connectivity index (χ1n) is 11.7. The molecule has 0 spiro atoms. The summed E-state index contributed by atoms with van der Waals surface area (Å²) in [5.74, 6) is -0.0535. The van der Waals surface area contributed by atoms with Gasteiger partial charge in [-0.3, -0.25) is 9.59 Å². The Hall–Kier alpha value is -3.43. The van der Waals surface area contributed by atoms with Crippen molar-refractivity contribution in [2.45, 2.75) is 26.4 Å². The summed E-state index contributed by atoms with van der Waals surface area (Å²) in [6, 6.07) is 13.4. The van der Waals surface area contributed by atoms with E-state index in [-0.39, 0.29) is 31.4 Å². The third-order valence-corrected chi connectivity index (χ3v) is 6.97. The van der Waals surface area contributed by atoms with Crippen molar-refractivity contribution >= 4 is 23.2 Å². The Bertz CT molecular complexity index is 1210. The van der Waals surface area contributed by atoms with E-state index in [1.165, 1.54) is 23.1 Å². The molecule has 2 amide bonds. The van der Waals surface area contributed by atoms with E-state index < -0.39 is 11.7 Å². The van der Waals surface area contributed by atoms with Crippen molar-refractivity contribution < 1.29 is 28.2 Å². The first-order chi connectivity index (χ1) is 17.5. The zero-order chi connectivity index (χ0) is 25.5. The van der Waals surface area contributed by atoms with Crippen LogP contribution in [-0.2, 0) is 22.6 Å². The second-order valence-electron chi connectivity index (χ2n) is 8.52. The maximum Gasteiger partial charge on any atom is 0.257 e. The summed E-state index contributed by atoms with van der Waals surface area (Å²) in [6.07, 6.45) is 0.524. The molecule has 3 aromatic rings. The molecule has 0 radical (unpaired) electrons. The number of ether oxygens (including phenoxy) is 3. The van der Waals surface area contributed by atoms with E-state index in [0.717, 1.165) is 16.0 Å². The van der Waals surface area contributed by atoms with E-state index >= 15 is 0 Å². The smallest absolute Gasteiger partial charge is 0.257 e. The van der Waals surface area contributed by atoms with Crippen molar-refractivity contribution in [1.82, 2.24) is 9.80 Å². The van der Waals surface area contributed by atoms with Crippen LogP contribution < -0.4 is 9.47 Å². The molecule has 4 rings (SSSR count). The fourth-order valence-corrected chi connectivity index (χ4v) is 4.87. The molecule has 1 aliphatic heterocycles. The Morgan fingerprint density at radius 1 is 1.06 bits per heavy atom. The fourth-order valence-electron chi connectivity index (χ4n) is 3.95. The molecule has 190 valence electrons. The van der Waals surface area contributed by atoms with E-state index in [2.05, 4.69) is 0 Å². The van der Waals surface area contributed by atoms with Crippen LogP contribution in [0.25, 0.3) is 0 Å². The summed E-state index contributed by atoms with van der Waals surface area (Å²) < 4.78 is 30.4. The third-order valence-electron chi connectivity index (χ3n) is 5.96. The molecule has 36 heavy (non-hydrogen) atoms. The summed E-state index contributed by atoms with van der Waals surface area (Å²) in [7, 11) is 1.57. The van der Waals surface area contributed by atoms with Crippen LogP contribution in [0, 0.1) is 12.7 Å². The van der Waals surface area contributed by atoms with Gasteiger partial charge in [-0.2, -0.15) is 0 Å². The van der Waals surface area contributed by atoms with Crippen LogP contribution in [0.4, 0.5) is 4.39 Å². The SMILES string of the molecule is COCCCN(CC(=O)N(Cc1ccc2c(c1)OCO2)Cc1sccc1C)C(=O)c1ccccc1F. The van der Waals surface area contributed by atoms with Crippen molar-refractivity contribution in [3.63, 3.8) is 0 Å². The summed E-state index contributed by atoms with van der Waals surface area (Å²) >= 11 is 1.58. The predicted molar refractivity (Wildman–Crippen MR) is 135 cm³/mol. The molecule has 2 heterocycles. The number of hydrogen-bond acceptors (Lipinski definition) is 6. The molecule has 0 atom stereocenters. The Labute approximate surface area is 214 Å². The lowest BCUT2D eigenvalue weighted by Gasteiger charge is -2.28. The zero-order valence-corrected chi connectivity index (χ0v) is 21.2. The number of hydrogen-bond donors (Lipinski definition) is 0. The Morgan fingerprint density at radius 2 is 1.86 bits per heavy atom. The van der Waals surface area contributed by atoms with Gasteiger partial charge < -0.3 is 24.0 Å². The molecule has 1 aliphatic rings. The monoisotopic (exact) mass is 512 g/mol. The van der Waals surface area contributed by atoms with Gasteiger partial charge in [0.15, 0.2) is 11.5 Å². The summed E-state index contributed by atoms with van der Waals surface area (Å²) in [4.78, 5) is 31.0. The van der Waals surface area contributed by atoms with Crippen LogP contribution in [0.5, 0.6) is 11.5 Å². The molecule has 0 saturated carbocycles. The number of rotatable bonds is 11. The summed E-state index contributed by atoms with van der Waals surface area (Å²) in [5.41, 5.74) is 1.93. The molecule has 0 N–H and O–H groups in total. The Balaban J connectivity index is 1.56. The van der Waals surface area contributed by atoms with Gasteiger partial charge in [-0.05, 0) is 60.2 Å². The second-order valence-corrected chi connectivity index (χ2v) is 9.52. The van der Waals surface area contributed by atoms with Crippen LogP contribution in [0.15, 0.2) is 53.9 Å². The molecule has 0 unspecified atom stereocenters. The van der Waals surface area contributed by atoms with Crippen LogP contribution in [0.3, 0.4) is 0 Å². The van der Waals surface area contributed by atoms with Gasteiger partial charge in [0.05, 0.1) is 12.1 Å². The van der Waals surface area contributed by atoms with E-state index in [4.69, 9.17) is 14.2 Å². The molecule has 7 nitrogen and oxygen atoms in total. The number of amides is 2. The number of fused-ring (bicyclic) bond motifs is 1. The quantitative estimate of drug-likeness (QED) is 0.351. The number of halogens is 1. The van der Waals surface area contributed by atoms with Crippen molar-refractivity contribution in [2.75, 3.05) is 33.6 Å². The molecule has 0 saturated heterocycles. The topological polar surface area (TPSA) is 68.3 Å². The van der Waals surface area contributed by atoms with E-state index in [1.807, 2.05) is 36.6 Å². The summed E-state index contributed by atoms with van der Waals surface area (Å²) in [5, 5.41) is 1.99. The van der Waals surface area contributed by atoms with Crippen molar-refractivity contribution in [3.05, 3.63) is 81.3 Å². The molecule has 9 heteroatoms. The highest BCUT2D eigenvalue weighted by Gasteiger charge is 2.25. The number of thiophene rings is 1. The highest BCUT2D eigenvalue weighted by molar-refractivity contribution is 7.10. The van der Waals surface area contributed by atoms with Crippen molar-refractivity contribution in [1.29, 1.82) is 0 Å². The lowest BCUT2D eigenvalue weighted by atomic mass is 10.1. The average molecular weight is 513 g/mol. The van der Waals surface area contributed by atoms with Gasteiger partial charge in [-0.25, -0.2) is 4.39 Å². The summed E-state index contributed by atoms with van der Waals surface area (Å²) in [6.45, 7) is 3.42. The fraction of sp³-hybridized carbons (Fsp3) is 0.333. The minimum atomic E-state index is -0.613. The highest BCUT2D eigenvalue weighted by Crippen LogP contribution is 2.33. The highest BCUT2D eigenvalue weighted by atomic mass is 32.1. The van der Waals surface area contributed by atoms with Gasteiger partial charge in [-0.15, -0.1) is 11.3 Å². The van der Waals surface area contributed by atoms with Gasteiger partial charge in [0.1, 0.15) is 12.4 Å². The van der Waals surface area contributed by atoms with Crippen LogP contribution >= 0.6 is 11.3 Å². The van der Waals surface area contributed by atoms with Crippen LogP contribution in [-0.4, -0.2) is 55.2 Å². The van der Waals surface area contributed by atoms with Gasteiger partial charge in [0.25, 0.3) is 5.91 Å². The number of methoxy groups -OCH3 is 1. The van der Waals surface area contributed by atoms with Crippen LogP contribution in [0.1, 0.15) is 32.8 Å². The van der Waals surface area contributed by atoms with E-state index in [0.29, 0.717) is 37.6 Å². The third kappa shape index (κ3) is 6.22. The molecule has 0 bridgehead atoms. The number of carbonyl (C=O) groups excluding carboxylic acids is 2. The first kappa shape index (κ1) is 25.7.